The van der Waals surface area contributed by atoms with Crippen LogP contribution in [0.1, 0.15) is 41.9 Å². The number of hydrogen-bond acceptors (Lipinski definition) is 6. The van der Waals surface area contributed by atoms with Gasteiger partial charge in [0.05, 0.1) is 0 Å². The highest BCUT2D eigenvalue weighted by Gasteiger charge is 2.28. The van der Waals surface area contributed by atoms with Gasteiger partial charge in [-0.2, -0.15) is 0 Å². The monoisotopic (exact) mass is 528 g/mol. The lowest BCUT2D eigenvalue weighted by atomic mass is 9.98. The highest BCUT2D eigenvalue weighted by atomic mass is 16.6. The van der Waals surface area contributed by atoms with Crippen LogP contribution in [-0.4, -0.2) is 55.3 Å². The van der Waals surface area contributed by atoms with Gasteiger partial charge in [0.25, 0.3) is 0 Å². The maximum Gasteiger partial charge on any atom is 0.326 e. The smallest absolute Gasteiger partial charge is 0.326 e. The molecule has 3 N–H and O–H groups in total. The molecule has 0 heterocycles. The number of rotatable bonds is 13. The van der Waals surface area contributed by atoms with E-state index in [1.807, 2.05) is 73.8 Å². The molecule has 0 spiro atoms. The number of fused-ring (bicyclic) bond motifs is 3. The summed E-state index contributed by atoms with van der Waals surface area (Å²) < 4.78 is 5.59. The minimum atomic E-state index is -1.12. The molecule has 0 saturated carbocycles. The van der Waals surface area contributed by atoms with Gasteiger partial charge in [-0.15, -0.1) is 0 Å². The number of nitrogens with one attached hydrogen (secondary N) is 2. The Morgan fingerprint density at radius 3 is 2.18 bits per heavy atom. The predicted octanol–water partition coefficient (Wildman–Crippen LogP) is 3.10. The largest absolute Gasteiger partial charge is 0.599 e. The molecule has 1 amide bonds. The standard InChI is InChI=1S/C31H35N3O5/c1-32-18-10-9-17-27(30(36)37)33-29(35)28(19-21-11-3-2-4-12-21)34-31(38)39-20-26-24-15-7-5-13-22(24)23-14-6-8-16-25(23)26/h2-8,11-16,26-28,32H,9-10,17-20H2,1H3,(H,33,35)(H,34,38)(H,36,37)/p-1/t27-,28+/m0/s1. The number of ether oxygens (including phenoxy) is 1. The SMILES string of the molecule is CNCCCC[C@H](NC(=O)[C@@H](Cc1ccccc1)N=C([O-])OCC1c2ccccc2-c2ccccc21)C(=O)O. The summed E-state index contributed by atoms with van der Waals surface area (Å²) in [5.41, 5.74) is 5.18. The Hall–Kier alpha value is -4.17. The molecule has 0 saturated heterocycles. The minimum Gasteiger partial charge on any atom is -0.599 e. The fourth-order valence-corrected chi connectivity index (χ4v) is 4.97. The second kappa shape index (κ2) is 13.6. The fourth-order valence-electron chi connectivity index (χ4n) is 4.97. The van der Waals surface area contributed by atoms with Crippen molar-refractivity contribution in [3.8, 4) is 11.1 Å². The molecular formula is C31H34N3O5-. The topological polar surface area (TPSA) is 123 Å². The van der Waals surface area contributed by atoms with Gasteiger partial charge >= 0.3 is 5.97 Å². The van der Waals surface area contributed by atoms with Gasteiger partial charge in [0.2, 0.25) is 5.91 Å². The maximum atomic E-state index is 13.2. The summed E-state index contributed by atoms with van der Waals surface area (Å²) in [6.45, 7) is 0.841. The van der Waals surface area contributed by atoms with Crippen molar-refractivity contribution >= 4 is 18.0 Å². The third-order valence-corrected chi connectivity index (χ3v) is 6.96. The number of aliphatic carboxylic acids is 1. The zero-order valence-corrected chi connectivity index (χ0v) is 22.0. The van der Waals surface area contributed by atoms with Crippen molar-refractivity contribution in [2.75, 3.05) is 20.2 Å². The molecule has 204 valence electrons. The van der Waals surface area contributed by atoms with E-state index < -0.39 is 30.0 Å². The van der Waals surface area contributed by atoms with Gasteiger partial charge in [0.1, 0.15) is 18.2 Å². The summed E-state index contributed by atoms with van der Waals surface area (Å²) >= 11 is 0. The first kappa shape index (κ1) is 27.9. The Kier molecular flexibility index (Phi) is 9.69. The number of amides is 1. The fraction of sp³-hybridized carbons (Fsp3) is 0.323. The van der Waals surface area contributed by atoms with Crippen molar-refractivity contribution in [3.63, 3.8) is 0 Å². The summed E-state index contributed by atoms with van der Waals surface area (Å²) in [5.74, 6) is -1.87. The molecule has 3 aromatic carbocycles. The maximum absolute atomic E-state index is 13.2. The zero-order chi connectivity index (χ0) is 27.6. The number of unbranched alkanes of at least 4 members (excludes halogenated alkanes) is 1. The van der Waals surface area contributed by atoms with E-state index in [0.29, 0.717) is 6.42 Å². The van der Waals surface area contributed by atoms with Gasteiger partial charge in [-0.05, 0) is 60.7 Å². The zero-order valence-electron chi connectivity index (χ0n) is 22.0. The van der Waals surface area contributed by atoms with Gasteiger partial charge in [0, 0.05) is 18.9 Å². The molecule has 39 heavy (non-hydrogen) atoms. The molecule has 2 atom stereocenters. The Balaban J connectivity index is 1.48. The molecule has 1 aliphatic rings. The van der Waals surface area contributed by atoms with Crippen molar-refractivity contribution in [2.24, 2.45) is 4.99 Å². The van der Waals surface area contributed by atoms with Gasteiger partial charge in [-0.3, -0.25) is 9.79 Å². The van der Waals surface area contributed by atoms with E-state index >= 15 is 0 Å². The van der Waals surface area contributed by atoms with Gasteiger partial charge < -0.3 is 25.6 Å². The number of carboxylic acid groups (broad SMARTS) is 1. The number of carbonyl (C=O) groups excluding carboxylic acids is 1. The van der Waals surface area contributed by atoms with E-state index in [9.17, 15) is 19.8 Å². The molecule has 8 nitrogen and oxygen atoms in total. The Morgan fingerprint density at radius 1 is 0.949 bits per heavy atom. The molecule has 1 aliphatic carbocycles. The molecule has 8 heteroatoms. The van der Waals surface area contributed by atoms with Crippen molar-refractivity contribution in [1.29, 1.82) is 0 Å². The van der Waals surface area contributed by atoms with Gasteiger partial charge in [-0.1, -0.05) is 78.9 Å². The number of aliphatic imine (C=N–C) groups is 1. The van der Waals surface area contributed by atoms with Crippen LogP contribution in [0.25, 0.3) is 11.1 Å². The lowest BCUT2D eigenvalue weighted by molar-refractivity contribution is -0.251. The van der Waals surface area contributed by atoms with Crippen LogP contribution in [-0.2, 0) is 20.7 Å². The van der Waals surface area contributed by atoms with E-state index in [1.54, 1.807) is 0 Å². The van der Waals surface area contributed by atoms with Crippen LogP contribution in [0.2, 0.25) is 0 Å². The second-order valence-corrected chi connectivity index (χ2v) is 9.64. The summed E-state index contributed by atoms with van der Waals surface area (Å²) in [5, 5.41) is 28.1. The Morgan fingerprint density at radius 2 is 1.56 bits per heavy atom. The average molecular weight is 529 g/mol. The number of carboxylic acids is 1. The third kappa shape index (κ3) is 7.23. The van der Waals surface area contributed by atoms with E-state index in [0.717, 1.165) is 40.8 Å². The molecule has 0 radical (unpaired) electrons. The normalized spacial score (nSPS) is 14.2. The quantitative estimate of drug-likeness (QED) is 0.178. The third-order valence-electron chi connectivity index (χ3n) is 6.96. The molecule has 3 aromatic rings. The number of nitrogens with zero attached hydrogens (tertiary/aromatic N) is 1. The van der Waals surface area contributed by atoms with Gasteiger partial charge in [-0.25, -0.2) is 4.79 Å². The Bertz CT molecular complexity index is 1250. The van der Waals surface area contributed by atoms with E-state index in [2.05, 4.69) is 27.8 Å². The van der Waals surface area contributed by atoms with Crippen molar-refractivity contribution in [2.45, 2.75) is 43.7 Å². The number of carbonyl (C=O) groups is 2. The van der Waals surface area contributed by atoms with Crippen molar-refractivity contribution < 1.29 is 24.5 Å². The molecule has 0 aromatic heterocycles. The van der Waals surface area contributed by atoms with Gasteiger partial charge in [0.15, 0.2) is 0 Å². The first-order chi connectivity index (χ1) is 19.0. The van der Waals surface area contributed by atoms with Crippen LogP contribution in [0.5, 0.6) is 0 Å². The molecule has 0 aliphatic heterocycles. The lowest BCUT2D eigenvalue weighted by Crippen LogP contribution is -2.46. The van der Waals surface area contributed by atoms with E-state index in [1.165, 1.54) is 0 Å². The Labute approximate surface area is 228 Å². The lowest BCUT2D eigenvalue weighted by Gasteiger charge is -2.23. The molecular weight excluding hydrogens is 494 g/mol. The van der Waals surface area contributed by atoms with Crippen LogP contribution < -0.4 is 15.7 Å². The average Bonchev–Trinajstić information content (AvgIpc) is 3.27. The summed E-state index contributed by atoms with van der Waals surface area (Å²) in [7, 11) is 1.83. The van der Waals surface area contributed by atoms with Crippen LogP contribution in [0.15, 0.2) is 83.9 Å². The highest BCUT2D eigenvalue weighted by molar-refractivity contribution is 5.88. The predicted molar refractivity (Wildman–Crippen MR) is 148 cm³/mol. The highest BCUT2D eigenvalue weighted by Crippen LogP contribution is 2.44. The minimum absolute atomic E-state index is 0.0826. The first-order valence-corrected chi connectivity index (χ1v) is 13.3. The van der Waals surface area contributed by atoms with Crippen LogP contribution in [0.3, 0.4) is 0 Å². The number of benzene rings is 3. The van der Waals surface area contributed by atoms with Crippen LogP contribution in [0.4, 0.5) is 0 Å². The molecule has 0 unspecified atom stereocenters. The van der Waals surface area contributed by atoms with Crippen molar-refractivity contribution in [3.05, 3.63) is 95.6 Å². The summed E-state index contributed by atoms with van der Waals surface area (Å²) in [6.07, 6.45) is 0.988. The van der Waals surface area contributed by atoms with Crippen molar-refractivity contribution in [1.82, 2.24) is 10.6 Å². The first-order valence-electron chi connectivity index (χ1n) is 13.3. The van der Waals surface area contributed by atoms with E-state index in [4.69, 9.17) is 4.74 Å². The van der Waals surface area contributed by atoms with Crippen LogP contribution >= 0.6 is 0 Å². The van der Waals surface area contributed by atoms with E-state index in [-0.39, 0.29) is 25.4 Å². The molecule has 4 rings (SSSR count). The summed E-state index contributed by atoms with van der Waals surface area (Å²) in [4.78, 5) is 29.1. The molecule has 0 fully saturated rings. The van der Waals surface area contributed by atoms with Crippen LogP contribution in [0, 0.1) is 0 Å². The second-order valence-electron chi connectivity index (χ2n) is 9.64. The summed E-state index contributed by atoms with van der Waals surface area (Å²) in [6, 6.07) is 23.0. The molecule has 0 bridgehead atoms. The number of hydrogen-bond donors (Lipinski definition) is 3.